The van der Waals surface area contributed by atoms with E-state index in [9.17, 15) is 8.78 Å². The Hall–Kier alpha value is -2.43. The Bertz CT molecular complexity index is 689. The number of hydrogen-bond acceptors (Lipinski definition) is 2. The summed E-state index contributed by atoms with van der Waals surface area (Å²) in [5.74, 6) is -0.363. The van der Waals surface area contributed by atoms with Gasteiger partial charge in [0.2, 0.25) is 5.95 Å². The number of imidazole rings is 1. The molecule has 5 heteroatoms. The van der Waals surface area contributed by atoms with Crippen molar-refractivity contribution in [3.05, 3.63) is 59.7 Å². The molecule has 2 N–H and O–H groups in total. The fourth-order valence-electron chi connectivity index (χ4n) is 1.89. The molecule has 0 atom stereocenters. The van der Waals surface area contributed by atoms with E-state index in [1.807, 2.05) is 24.3 Å². The van der Waals surface area contributed by atoms with Crippen LogP contribution in [0.15, 0.2) is 42.5 Å². The molecule has 1 heterocycles. The van der Waals surface area contributed by atoms with Gasteiger partial charge in [0.1, 0.15) is 11.6 Å². The number of para-hydroxylation sites is 2. The molecule has 1 aromatic heterocycles. The molecule has 0 saturated carbocycles. The summed E-state index contributed by atoms with van der Waals surface area (Å²) >= 11 is 0. The molecule has 3 rings (SSSR count). The maximum atomic E-state index is 13.4. The molecule has 0 unspecified atom stereocenters. The summed E-state index contributed by atoms with van der Waals surface area (Å²) in [5.41, 5.74) is 1.98. The number of H-pyrrole nitrogens is 1. The van der Waals surface area contributed by atoms with Crippen LogP contribution in [0.3, 0.4) is 0 Å². The molecule has 96 valence electrons. The molecule has 3 aromatic rings. The standard InChI is InChI=1S/C14H11F2N3/c15-10-5-6-11(16)9(7-10)8-17-14-18-12-3-1-2-4-13(12)19-14/h1-7H,8H2,(H2,17,18,19). The predicted octanol–water partition coefficient (Wildman–Crippen LogP) is 3.45. The molecule has 0 saturated heterocycles. The van der Waals surface area contributed by atoms with E-state index >= 15 is 0 Å². The number of fused-ring (bicyclic) bond motifs is 1. The number of nitrogens with one attached hydrogen (secondary N) is 2. The van der Waals surface area contributed by atoms with E-state index in [0.29, 0.717) is 5.95 Å². The summed E-state index contributed by atoms with van der Waals surface area (Å²) in [5, 5.41) is 2.95. The second kappa shape index (κ2) is 4.68. The zero-order valence-corrected chi connectivity index (χ0v) is 9.95. The van der Waals surface area contributed by atoms with Crippen LogP contribution in [-0.2, 0) is 6.54 Å². The Morgan fingerprint density at radius 3 is 2.79 bits per heavy atom. The molecule has 0 aliphatic heterocycles. The third-order valence-corrected chi connectivity index (χ3v) is 2.84. The summed E-state index contributed by atoms with van der Waals surface area (Å²) in [6.07, 6.45) is 0. The van der Waals surface area contributed by atoms with Crippen LogP contribution >= 0.6 is 0 Å². The normalized spacial score (nSPS) is 10.8. The SMILES string of the molecule is Fc1ccc(F)c(CNc2nc3ccccc3[nH]2)c1. The van der Waals surface area contributed by atoms with E-state index in [1.54, 1.807) is 0 Å². The minimum atomic E-state index is -0.456. The van der Waals surface area contributed by atoms with Crippen molar-refractivity contribution in [1.29, 1.82) is 0 Å². The van der Waals surface area contributed by atoms with Crippen molar-refractivity contribution in [3.63, 3.8) is 0 Å². The number of nitrogens with zero attached hydrogens (tertiary/aromatic N) is 1. The highest BCUT2D eigenvalue weighted by atomic mass is 19.1. The highest BCUT2D eigenvalue weighted by Gasteiger charge is 2.05. The van der Waals surface area contributed by atoms with Gasteiger partial charge in [0.05, 0.1) is 11.0 Å². The molecule has 0 aliphatic rings. The number of anilines is 1. The minimum absolute atomic E-state index is 0.170. The first-order valence-corrected chi connectivity index (χ1v) is 5.85. The second-order valence-corrected chi connectivity index (χ2v) is 4.19. The van der Waals surface area contributed by atoms with Crippen LogP contribution in [0.4, 0.5) is 14.7 Å². The van der Waals surface area contributed by atoms with E-state index in [0.717, 1.165) is 23.2 Å². The van der Waals surface area contributed by atoms with Crippen LogP contribution in [-0.4, -0.2) is 9.97 Å². The van der Waals surface area contributed by atoms with Crippen molar-refractivity contribution in [2.24, 2.45) is 0 Å². The molecule has 0 spiro atoms. The van der Waals surface area contributed by atoms with E-state index < -0.39 is 11.6 Å². The lowest BCUT2D eigenvalue weighted by molar-refractivity contribution is 0.587. The minimum Gasteiger partial charge on any atom is -0.352 e. The van der Waals surface area contributed by atoms with E-state index in [2.05, 4.69) is 15.3 Å². The zero-order chi connectivity index (χ0) is 13.2. The van der Waals surface area contributed by atoms with Crippen LogP contribution in [0.1, 0.15) is 5.56 Å². The van der Waals surface area contributed by atoms with E-state index in [-0.39, 0.29) is 12.1 Å². The second-order valence-electron chi connectivity index (χ2n) is 4.19. The lowest BCUT2D eigenvalue weighted by Gasteiger charge is -2.04. The van der Waals surface area contributed by atoms with Gasteiger partial charge in [-0.25, -0.2) is 13.8 Å². The number of rotatable bonds is 3. The van der Waals surface area contributed by atoms with Gasteiger partial charge in [-0.3, -0.25) is 0 Å². The summed E-state index contributed by atoms with van der Waals surface area (Å²) in [4.78, 5) is 7.36. The van der Waals surface area contributed by atoms with Crippen molar-refractivity contribution in [2.75, 3.05) is 5.32 Å². The molecule has 0 bridgehead atoms. The molecule has 0 amide bonds. The first-order valence-electron chi connectivity index (χ1n) is 5.85. The van der Waals surface area contributed by atoms with Crippen molar-refractivity contribution in [3.8, 4) is 0 Å². The average molecular weight is 259 g/mol. The molecular weight excluding hydrogens is 248 g/mol. The lowest BCUT2D eigenvalue weighted by atomic mass is 10.2. The Morgan fingerprint density at radius 2 is 1.95 bits per heavy atom. The third kappa shape index (κ3) is 2.40. The van der Waals surface area contributed by atoms with Crippen molar-refractivity contribution >= 4 is 17.0 Å². The highest BCUT2D eigenvalue weighted by Crippen LogP contribution is 2.15. The van der Waals surface area contributed by atoms with Gasteiger partial charge in [-0.2, -0.15) is 0 Å². The van der Waals surface area contributed by atoms with Gasteiger partial charge < -0.3 is 10.3 Å². The lowest BCUT2D eigenvalue weighted by Crippen LogP contribution is -2.03. The third-order valence-electron chi connectivity index (χ3n) is 2.84. The number of benzene rings is 2. The quantitative estimate of drug-likeness (QED) is 0.756. The number of halogens is 2. The monoisotopic (exact) mass is 259 g/mol. The molecule has 0 radical (unpaired) electrons. The van der Waals surface area contributed by atoms with E-state index in [4.69, 9.17) is 0 Å². The highest BCUT2D eigenvalue weighted by molar-refractivity contribution is 5.77. The predicted molar refractivity (Wildman–Crippen MR) is 69.8 cm³/mol. The Labute approximate surface area is 108 Å². The fourth-order valence-corrected chi connectivity index (χ4v) is 1.89. The molecule has 0 fully saturated rings. The van der Waals surface area contributed by atoms with Crippen molar-refractivity contribution in [1.82, 2.24) is 9.97 Å². The Balaban J connectivity index is 1.80. The Morgan fingerprint density at radius 1 is 1.11 bits per heavy atom. The van der Waals surface area contributed by atoms with Gasteiger partial charge in [-0.1, -0.05) is 12.1 Å². The van der Waals surface area contributed by atoms with Gasteiger partial charge in [0, 0.05) is 12.1 Å². The van der Waals surface area contributed by atoms with Gasteiger partial charge >= 0.3 is 0 Å². The first-order chi connectivity index (χ1) is 9.22. The molecular formula is C14H11F2N3. The first kappa shape index (κ1) is 11.6. The molecule has 0 aliphatic carbocycles. The maximum absolute atomic E-state index is 13.4. The Kier molecular flexibility index (Phi) is 2.87. The van der Waals surface area contributed by atoms with E-state index in [1.165, 1.54) is 6.07 Å². The van der Waals surface area contributed by atoms with Crippen LogP contribution in [0.2, 0.25) is 0 Å². The molecule has 2 aromatic carbocycles. The van der Waals surface area contributed by atoms with Crippen LogP contribution in [0.25, 0.3) is 11.0 Å². The molecule has 19 heavy (non-hydrogen) atoms. The van der Waals surface area contributed by atoms with Crippen molar-refractivity contribution < 1.29 is 8.78 Å². The molecule has 3 nitrogen and oxygen atoms in total. The van der Waals surface area contributed by atoms with Crippen LogP contribution < -0.4 is 5.32 Å². The van der Waals surface area contributed by atoms with Gasteiger partial charge in [0.25, 0.3) is 0 Å². The summed E-state index contributed by atoms with van der Waals surface area (Å²) in [6.45, 7) is 0.170. The summed E-state index contributed by atoms with van der Waals surface area (Å²) in [7, 11) is 0. The summed E-state index contributed by atoms with van der Waals surface area (Å²) in [6, 6.07) is 10.9. The van der Waals surface area contributed by atoms with Gasteiger partial charge in [-0.15, -0.1) is 0 Å². The van der Waals surface area contributed by atoms with Crippen LogP contribution in [0.5, 0.6) is 0 Å². The largest absolute Gasteiger partial charge is 0.352 e. The van der Waals surface area contributed by atoms with Crippen LogP contribution in [0, 0.1) is 11.6 Å². The topological polar surface area (TPSA) is 40.7 Å². The summed E-state index contributed by atoms with van der Waals surface area (Å²) < 4.78 is 26.5. The fraction of sp³-hybridized carbons (Fsp3) is 0.0714. The number of hydrogen-bond donors (Lipinski definition) is 2. The zero-order valence-electron chi connectivity index (χ0n) is 9.95. The maximum Gasteiger partial charge on any atom is 0.201 e. The number of aromatic nitrogens is 2. The van der Waals surface area contributed by atoms with Gasteiger partial charge in [-0.05, 0) is 30.3 Å². The van der Waals surface area contributed by atoms with Gasteiger partial charge in [0.15, 0.2) is 0 Å². The smallest absolute Gasteiger partial charge is 0.201 e. The van der Waals surface area contributed by atoms with Crippen molar-refractivity contribution in [2.45, 2.75) is 6.54 Å². The number of aromatic amines is 1. The average Bonchev–Trinajstić information content (AvgIpc) is 2.82.